The van der Waals surface area contributed by atoms with Crippen LogP contribution in [0, 0.1) is 0 Å². The number of carbonyl (C=O) groups is 1. The Morgan fingerprint density at radius 1 is 1.09 bits per heavy atom. The van der Waals surface area contributed by atoms with Gasteiger partial charge in [0, 0.05) is 6.07 Å². The van der Waals surface area contributed by atoms with Crippen LogP contribution in [0.2, 0.25) is 0 Å². The molecule has 0 saturated heterocycles. The molecule has 9 heteroatoms. The van der Waals surface area contributed by atoms with E-state index in [4.69, 9.17) is 9.47 Å². The first-order valence-electron chi connectivity index (χ1n) is 10.5. The maximum Gasteiger partial charge on any atom is 0.338 e. The molecule has 0 amide bonds. The molecule has 0 atom stereocenters. The third-order valence-corrected chi connectivity index (χ3v) is 6.67. The van der Waals surface area contributed by atoms with Crippen LogP contribution >= 0.6 is 0 Å². The van der Waals surface area contributed by atoms with Crippen molar-refractivity contribution >= 4 is 27.4 Å². The highest BCUT2D eigenvalue weighted by atomic mass is 32.2. The monoisotopic (exact) mass is 468 g/mol. The van der Waals surface area contributed by atoms with Gasteiger partial charge in [-0.05, 0) is 54.9 Å². The van der Waals surface area contributed by atoms with Crippen LogP contribution in [-0.2, 0) is 10.0 Å². The zero-order valence-electron chi connectivity index (χ0n) is 18.2. The van der Waals surface area contributed by atoms with Crippen LogP contribution in [0.3, 0.4) is 0 Å². The molecule has 3 aromatic rings. The number of aromatic carboxylic acids is 1. The lowest BCUT2D eigenvalue weighted by Crippen LogP contribution is -2.20. The average molecular weight is 469 g/mol. The molecule has 4 rings (SSSR count). The third kappa shape index (κ3) is 4.64. The fourth-order valence-corrected chi connectivity index (χ4v) is 4.26. The summed E-state index contributed by atoms with van der Waals surface area (Å²) in [5, 5.41) is 12.8. The second kappa shape index (κ2) is 9.13. The van der Waals surface area contributed by atoms with Gasteiger partial charge in [0.25, 0.3) is 0 Å². The lowest BCUT2D eigenvalue weighted by Gasteiger charge is -2.24. The predicted octanol–water partition coefficient (Wildman–Crippen LogP) is 4.99. The number of carboxylic acid groups (broad SMARTS) is 1. The summed E-state index contributed by atoms with van der Waals surface area (Å²) >= 11 is 0. The van der Waals surface area contributed by atoms with E-state index in [9.17, 15) is 18.3 Å². The molecule has 3 aromatic carbocycles. The number of unbranched alkanes of at least 4 members (excludes halogenated alkanes) is 1. The summed E-state index contributed by atoms with van der Waals surface area (Å²) in [4.78, 5) is 11.7. The first kappa shape index (κ1) is 22.6. The van der Waals surface area contributed by atoms with E-state index in [1.54, 1.807) is 6.07 Å². The van der Waals surface area contributed by atoms with Crippen LogP contribution in [0.4, 0.5) is 11.4 Å². The van der Waals surface area contributed by atoms with Gasteiger partial charge in [-0.2, -0.15) is 0 Å². The molecule has 33 heavy (non-hydrogen) atoms. The Hall–Kier alpha value is -3.56. The number of anilines is 2. The molecule has 0 fully saturated rings. The van der Waals surface area contributed by atoms with Gasteiger partial charge >= 0.3 is 5.97 Å². The molecule has 0 radical (unpaired) electrons. The summed E-state index contributed by atoms with van der Waals surface area (Å²) in [5.41, 5.74) is 2.39. The van der Waals surface area contributed by atoms with Gasteiger partial charge in [0.05, 0.1) is 28.4 Å². The minimum Gasteiger partial charge on any atom is -0.494 e. The van der Waals surface area contributed by atoms with E-state index in [1.165, 1.54) is 13.1 Å². The van der Waals surface area contributed by atoms with Gasteiger partial charge in [0.2, 0.25) is 10.0 Å². The van der Waals surface area contributed by atoms with Crippen LogP contribution in [-0.4, -0.2) is 33.1 Å². The summed E-state index contributed by atoms with van der Waals surface area (Å²) in [6.07, 6.45) is 2.03. The number of hydrogen-bond donors (Lipinski definition) is 3. The fourth-order valence-electron chi connectivity index (χ4n) is 3.49. The van der Waals surface area contributed by atoms with E-state index in [0.29, 0.717) is 18.0 Å². The highest BCUT2D eigenvalue weighted by Crippen LogP contribution is 2.46. The van der Waals surface area contributed by atoms with Crippen molar-refractivity contribution in [2.24, 2.45) is 0 Å². The molecule has 0 unspecified atom stereocenters. The molecule has 3 N–H and O–H groups in total. The average Bonchev–Trinajstić information content (AvgIpc) is 2.82. The van der Waals surface area contributed by atoms with Gasteiger partial charge in [0.15, 0.2) is 11.5 Å². The number of hydrogen-bond acceptors (Lipinski definition) is 6. The van der Waals surface area contributed by atoms with E-state index in [0.717, 1.165) is 35.8 Å². The van der Waals surface area contributed by atoms with Crippen LogP contribution in [0.15, 0.2) is 59.5 Å². The molecular formula is C24H24N2O6S. The van der Waals surface area contributed by atoms with Crippen molar-refractivity contribution in [1.82, 2.24) is 4.72 Å². The second-order valence-electron chi connectivity index (χ2n) is 7.52. The Kier molecular flexibility index (Phi) is 6.26. The van der Waals surface area contributed by atoms with Crippen molar-refractivity contribution in [2.45, 2.75) is 24.7 Å². The lowest BCUT2D eigenvalue weighted by atomic mass is 10.0. The summed E-state index contributed by atoms with van der Waals surface area (Å²) < 4.78 is 38.3. The Balaban J connectivity index is 1.69. The SMILES string of the molecule is CCCCOc1cccc(-c2ccc3c(c2)Nc2c(cc(S(=O)(=O)NC)cc2C(=O)O)O3)c1. The van der Waals surface area contributed by atoms with Crippen molar-refractivity contribution < 1.29 is 27.8 Å². The molecule has 0 aromatic heterocycles. The third-order valence-electron chi connectivity index (χ3n) is 5.28. The van der Waals surface area contributed by atoms with Crippen LogP contribution in [0.25, 0.3) is 11.1 Å². The predicted molar refractivity (Wildman–Crippen MR) is 125 cm³/mol. The van der Waals surface area contributed by atoms with Crippen molar-refractivity contribution in [2.75, 3.05) is 19.0 Å². The topological polar surface area (TPSA) is 114 Å². The number of rotatable bonds is 8. The highest BCUT2D eigenvalue weighted by molar-refractivity contribution is 7.89. The van der Waals surface area contributed by atoms with E-state index < -0.39 is 16.0 Å². The number of fused-ring (bicyclic) bond motifs is 2. The molecule has 1 aliphatic heterocycles. The molecule has 0 bridgehead atoms. The lowest BCUT2D eigenvalue weighted by molar-refractivity contribution is 0.0697. The number of carboxylic acids is 1. The van der Waals surface area contributed by atoms with Crippen LogP contribution in [0.1, 0.15) is 30.1 Å². The molecular weight excluding hydrogens is 444 g/mol. The maximum atomic E-state index is 12.2. The van der Waals surface area contributed by atoms with Gasteiger partial charge in [-0.15, -0.1) is 0 Å². The Morgan fingerprint density at radius 2 is 1.88 bits per heavy atom. The molecule has 0 aliphatic carbocycles. The number of ether oxygens (including phenoxy) is 2. The second-order valence-corrected chi connectivity index (χ2v) is 9.41. The minimum atomic E-state index is -3.85. The van der Waals surface area contributed by atoms with Gasteiger partial charge in [0.1, 0.15) is 5.75 Å². The number of sulfonamides is 1. The van der Waals surface area contributed by atoms with Gasteiger partial charge in [-0.1, -0.05) is 31.5 Å². The summed E-state index contributed by atoms with van der Waals surface area (Å²) in [5.74, 6) is 0.0824. The molecule has 8 nitrogen and oxygen atoms in total. The van der Waals surface area contributed by atoms with E-state index in [2.05, 4.69) is 17.0 Å². The van der Waals surface area contributed by atoms with Crippen molar-refractivity contribution in [3.05, 3.63) is 60.2 Å². The quantitative estimate of drug-likeness (QED) is 0.312. The number of benzene rings is 3. The summed E-state index contributed by atoms with van der Waals surface area (Å²) in [6, 6.07) is 15.6. The number of nitrogens with one attached hydrogen (secondary N) is 2. The minimum absolute atomic E-state index is 0.121. The van der Waals surface area contributed by atoms with Gasteiger partial charge < -0.3 is 19.9 Å². The smallest absolute Gasteiger partial charge is 0.338 e. The van der Waals surface area contributed by atoms with Gasteiger partial charge in [-0.3, -0.25) is 0 Å². The molecule has 1 heterocycles. The van der Waals surface area contributed by atoms with Crippen LogP contribution in [0.5, 0.6) is 17.2 Å². The molecule has 0 spiro atoms. The standard InChI is InChI=1S/C24H24N2O6S/c1-3-4-10-31-17-7-5-6-15(11-17)16-8-9-21-20(12-16)26-23-19(24(27)28)13-18(14-22(23)32-21)33(29,30)25-2/h5-9,11-14,25-26H,3-4,10H2,1-2H3,(H,27,28). The normalized spacial score (nSPS) is 12.2. The van der Waals surface area contributed by atoms with E-state index >= 15 is 0 Å². The Bertz CT molecular complexity index is 1320. The first-order valence-corrected chi connectivity index (χ1v) is 12.0. The molecule has 172 valence electrons. The summed E-state index contributed by atoms with van der Waals surface area (Å²) in [7, 11) is -2.59. The highest BCUT2D eigenvalue weighted by Gasteiger charge is 2.27. The maximum absolute atomic E-state index is 12.2. The van der Waals surface area contributed by atoms with E-state index in [-0.39, 0.29) is 21.9 Å². The van der Waals surface area contributed by atoms with Crippen molar-refractivity contribution in [3.63, 3.8) is 0 Å². The van der Waals surface area contributed by atoms with Crippen molar-refractivity contribution in [3.8, 4) is 28.4 Å². The zero-order chi connectivity index (χ0) is 23.6. The molecule has 0 saturated carbocycles. The van der Waals surface area contributed by atoms with Crippen molar-refractivity contribution in [1.29, 1.82) is 0 Å². The largest absolute Gasteiger partial charge is 0.494 e. The fraction of sp³-hybridized carbons (Fsp3) is 0.208. The summed E-state index contributed by atoms with van der Waals surface area (Å²) in [6.45, 7) is 2.76. The van der Waals surface area contributed by atoms with Crippen LogP contribution < -0.4 is 19.5 Å². The molecule has 1 aliphatic rings. The van der Waals surface area contributed by atoms with E-state index in [1.807, 2.05) is 36.4 Å². The first-order chi connectivity index (χ1) is 15.8. The Morgan fingerprint density at radius 3 is 2.61 bits per heavy atom. The van der Waals surface area contributed by atoms with Gasteiger partial charge in [-0.25, -0.2) is 17.9 Å². The zero-order valence-corrected chi connectivity index (χ0v) is 19.0. The Labute approximate surface area is 192 Å².